The predicted molar refractivity (Wildman–Crippen MR) is 50.6 cm³/mol. The Morgan fingerprint density at radius 2 is 1.28 bits per heavy atom. The highest BCUT2D eigenvalue weighted by atomic mass is 19.4. The van der Waals surface area contributed by atoms with Gasteiger partial charge < -0.3 is 4.74 Å². The van der Waals surface area contributed by atoms with Gasteiger partial charge in [0, 0.05) is 0 Å². The first-order valence-electron chi connectivity index (χ1n) is 5.01. The van der Waals surface area contributed by atoms with Gasteiger partial charge in [-0.2, -0.15) is 26.3 Å². The van der Waals surface area contributed by atoms with Crippen LogP contribution >= 0.6 is 0 Å². The third-order valence-electron chi connectivity index (χ3n) is 2.40. The third kappa shape index (κ3) is 4.73. The van der Waals surface area contributed by atoms with Crippen molar-refractivity contribution >= 4 is 5.97 Å². The summed E-state index contributed by atoms with van der Waals surface area (Å²) in [6.07, 6.45) is -12.5. The van der Waals surface area contributed by atoms with E-state index in [-0.39, 0.29) is 0 Å². The zero-order valence-corrected chi connectivity index (χ0v) is 10.2. The average Bonchev–Trinajstić information content (AvgIpc) is 1.94. The van der Waals surface area contributed by atoms with Crippen molar-refractivity contribution in [3.63, 3.8) is 0 Å². The smallest absolute Gasteiger partial charge is 0.411 e. The molecule has 1 atom stereocenters. The summed E-state index contributed by atoms with van der Waals surface area (Å²) >= 11 is 0. The molecular weight excluding hydrogens is 266 g/mol. The molecule has 0 aliphatic carbocycles. The van der Waals surface area contributed by atoms with E-state index >= 15 is 0 Å². The summed E-state index contributed by atoms with van der Waals surface area (Å²) in [6.45, 7) is 5.82. The molecule has 18 heavy (non-hydrogen) atoms. The zero-order valence-electron chi connectivity index (χ0n) is 10.2. The van der Waals surface area contributed by atoms with Crippen molar-refractivity contribution in [1.82, 2.24) is 0 Å². The molecule has 2 nitrogen and oxygen atoms in total. The topological polar surface area (TPSA) is 26.3 Å². The van der Waals surface area contributed by atoms with Gasteiger partial charge in [0.05, 0.1) is 0 Å². The van der Waals surface area contributed by atoms with Gasteiger partial charge >= 0.3 is 18.3 Å². The molecule has 0 aliphatic rings. The largest absolute Gasteiger partial charge is 0.461 e. The fourth-order valence-corrected chi connectivity index (χ4v) is 0.872. The molecule has 8 heteroatoms. The van der Waals surface area contributed by atoms with Crippen molar-refractivity contribution in [1.29, 1.82) is 0 Å². The number of carbonyl (C=O) groups is 1. The highest BCUT2D eigenvalue weighted by Gasteiger charge is 2.62. The summed E-state index contributed by atoms with van der Waals surface area (Å²) in [5, 5.41) is 0. The number of hydrogen-bond donors (Lipinski definition) is 0. The van der Waals surface area contributed by atoms with Crippen LogP contribution in [0.3, 0.4) is 0 Å². The number of alkyl halides is 6. The van der Waals surface area contributed by atoms with Crippen molar-refractivity contribution in [2.24, 2.45) is 11.3 Å². The molecule has 0 bridgehead atoms. The van der Waals surface area contributed by atoms with Crippen LogP contribution in [0.2, 0.25) is 0 Å². The Morgan fingerprint density at radius 1 is 0.944 bits per heavy atom. The van der Waals surface area contributed by atoms with Crippen LogP contribution in [0, 0.1) is 11.3 Å². The highest BCUT2D eigenvalue weighted by Crippen LogP contribution is 2.40. The molecule has 0 radical (unpaired) electrons. The quantitative estimate of drug-likeness (QED) is 0.569. The van der Waals surface area contributed by atoms with Gasteiger partial charge in [0.1, 0.15) is 6.10 Å². The summed E-state index contributed by atoms with van der Waals surface area (Å²) in [5.41, 5.74) is -0.753. The van der Waals surface area contributed by atoms with Gasteiger partial charge in [-0.25, -0.2) is 0 Å². The first-order valence-corrected chi connectivity index (χ1v) is 5.01. The van der Waals surface area contributed by atoms with Crippen molar-refractivity contribution in [3.05, 3.63) is 0 Å². The van der Waals surface area contributed by atoms with Gasteiger partial charge in [-0.05, 0) is 12.3 Å². The van der Waals surface area contributed by atoms with E-state index in [1.807, 2.05) is 0 Å². The van der Waals surface area contributed by atoms with Crippen LogP contribution in [0.5, 0.6) is 0 Å². The van der Waals surface area contributed by atoms with Crippen molar-refractivity contribution in [3.8, 4) is 0 Å². The monoisotopic (exact) mass is 280 g/mol. The molecule has 0 fully saturated rings. The summed E-state index contributed by atoms with van der Waals surface area (Å²) in [6, 6.07) is 0. The Hall–Kier alpha value is -0.950. The average molecular weight is 280 g/mol. The van der Waals surface area contributed by atoms with Crippen LogP contribution < -0.4 is 0 Å². The van der Waals surface area contributed by atoms with Gasteiger partial charge in [-0.3, -0.25) is 4.79 Å². The lowest BCUT2D eigenvalue weighted by Crippen LogP contribution is -2.45. The normalized spacial score (nSPS) is 15.7. The number of halogens is 6. The van der Waals surface area contributed by atoms with Gasteiger partial charge in [0.25, 0.3) is 0 Å². The zero-order chi connectivity index (χ0) is 14.9. The van der Waals surface area contributed by atoms with E-state index in [0.717, 1.165) is 0 Å². The van der Waals surface area contributed by atoms with E-state index < -0.39 is 35.8 Å². The van der Waals surface area contributed by atoms with Crippen molar-refractivity contribution in [2.75, 3.05) is 0 Å². The Labute approximate surface area is 100 Å². The number of rotatable bonds is 2. The molecule has 0 rings (SSSR count). The molecule has 0 aromatic rings. The minimum absolute atomic E-state index is 0.753. The number of esters is 1. The number of carbonyl (C=O) groups excluding carboxylic acids is 1. The molecule has 0 amide bonds. The van der Waals surface area contributed by atoms with Crippen LogP contribution in [-0.2, 0) is 9.53 Å². The molecule has 0 saturated heterocycles. The summed E-state index contributed by atoms with van der Waals surface area (Å²) in [7, 11) is 0. The number of ether oxygens (including phenoxy) is 1. The third-order valence-corrected chi connectivity index (χ3v) is 2.40. The molecule has 0 heterocycles. The Morgan fingerprint density at radius 3 is 1.50 bits per heavy atom. The van der Waals surface area contributed by atoms with E-state index in [1.54, 1.807) is 0 Å². The lowest BCUT2D eigenvalue weighted by molar-refractivity contribution is -0.284. The van der Waals surface area contributed by atoms with Crippen LogP contribution in [0.4, 0.5) is 26.3 Å². The minimum atomic E-state index is -5.72. The second kappa shape index (κ2) is 4.97. The maximum Gasteiger partial charge on any atom is 0.411 e. The van der Waals surface area contributed by atoms with Crippen molar-refractivity contribution < 1.29 is 35.9 Å². The van der Waals surface area contributed by atoms with Crippen LogP contribution in [-0.4, -0.2) is 24.4 Å². The van der Waals surface area contributed by atoms with E-state index in [4.69, 9.17) is 0 Å². The molecule has 108 valence electrons. The predicted octanol–water partition coefficient (Wildman–Crippen LogP) is 3.71. The lowest BCUT2D eigenvalue weighted by atomic mass is 9.90. The Balaban J connectivity index is 5.04. The van der Waals surface area contributed by atoms with E-state index in [9.17, 15) is 31.1 Å². The van der Waals surface area contributed by atoms with Crippen molar-refractivity contribution in [2.45, 2.75) is 46.2 Å². The Bertz CT molecular complexity index is 285. The van der Waals surface area contributed by atoms with E-state index in [2.05, 4.69) is 4.74 Å². The van der Waals surface area contributed by atoms with Crippen LogP contribution in [0.25, 0.3) is 0 Å². The molecular formula is C10H14F6O2. The van der Waals surface area contributed by atoms with Crippen LogP contribution in [0.15, 0.2) is 0 Å². The molecule has 0 saturated carbocycles. The first-order chi connectivity index (χ1) is 7.67. The second-order valence-corrected chi connectivity index (χ2v) is 4.96. The summed E-state index contributed by atoms with van der Waals surface area (Å²) in [5.74, 6) is -6.42. The second-order valence-electron chi connectivity index (χ2n) is 4.96. The van der Waals surface area contributed by atoms with E-state index in [1.165, 1.54) is 27.7 Å². The van der Waals surface area contributed by atoms with Gasteiger partial charge in [0.2, 0.25) is 5.92 Å². The molecule has 0 aromatic heterocycles. The van der Waals surface area contributed by atoms with Gasteiger partial charge in [-0.15, -0.1) is 0 Å². The summed E-state index contributed by atoms with van der Waals surface area (Å²) in [4.78, 5) is 11.0. The molecule has 0 unspecified atom stereocenters. The molecule has 0 spiro atoms. The molecule has 0 aliphatic heterocycles. The molecule has 0 N–H and O–H groups in total. The van der Waals surface area contributed by atoms with Gasteiger partial charge in [0.15, 0.2) is 0 Å². The fourth-order valence-electron chi connectivity index (χ4n) is 0.872. The first kappa shape index (κ1) is 17.1. The SMILES string of the molecule is C[C@H](OC(=O)C(C(F)(F)F)C(F)(F)F)C(C)(C)C. The van der Waals surface area contributed by atoms with E-state index in [0.29, 0.717) is 0 Å². The van der Waals surface area contributed by atoms with Crippen LogP contribution in [0.1, 0.15) is 27.7 Å². The highest BCUT2D eigenvalue weighted by molar-refractivity contribution is 5.74. The molecule has 0 aromatic carbocycles. The Kier molecular flexibility index (Phi) is 4.71. The summed E-state index contributed by atoms with van der Waals surface area (Å²) < 4.78 is 77.4. The fraction of sp³-hybridized carbons (Fsp3) is 0.900. The standard InChI is InChI=1S/C10H14F6O2/c1-5(8(2,3)4)18-7(17)6(9(11,12)13)10(14,15)16/h5-6H,1-4H3/t5-/m0/s1. The maximum absolute atomic E-state index is 12.2. The lowest BCUT2D eigenvalue weighted by Gasteiger charge is -2.29. The van der Waals surface area contributed by atoms with Gasteiger partial charge in [-0.1, -0.05) is 20.8 Å². The minimum Gasteiger partial charge on any atom is -0.461 e. The maximum atomic E-state index is 12.2. The number of hydrogen-bond acceptors (Lipinski definition) is 2.